The Morgan fingerprint density at radius 3 is 2.76 bits per heavy atom. The second-order valence-electron chi connectivity index (χ2n) is 6.15. The molecular weight excluding hydrogens is 375 g/mol. The quantitative estimate of drug-likeness (QED) is 0.303. The Balaban J connectivity index is 0.00000400. The Bertz CT molecular complexity index is 283. The molecule has 0 aromatic rings. The van der Waals surface area contributed by atoms with Crippen LogP contribution in [0.25, 0.3) is 0 Å². The van der Waals surface area contributed by atoms with Crippen molar-refractivity contribution >= 4 is 29.9 Å². The van der Waals surface area contributed by atoms with E-state index in [1.807, 2.05) is 7.05 Å². The van der Waals surface area contributed by atoms with Crippen LogP contribution >= 0.6 is 24.0 Å². The van der Waals surface area contributed by atoms with Crippen LogP contribution in [-0.2, 0) is 0 Å². The van der Waals surface area contributed by atoms with E-state index in [9.17, 15) is 0 Å². The fourth-order valence-electron chi connectivity index (χ4n) is 2.88. The van der Waals surface area contributed by atoms with Crippen LogP contribution in [0.15, 0.2) is 4.99 Å². The van der Waals surface area contributed by atoms with Gasteiger partial charge in [0.2, 0.25) is 0 Å². The number of aliphatic imine (C=N–C) groups is 1. The van der Waals surface area contributed by atoms with Gasteiger partial charge in [-0.25, -0.2) is 0 Å². The first-order chi connectivity index (χ1) is 9.67. The minimum absolute atomic E-state index is 0. The van der Waals surface area contributed by atoms with Crippen molar-refractivity contribution in [3.8, 4) is 0 Å². The minimum atomic E-state index is 0. The van der Waals surface area contributed by atoms with Gasteiger partial charge in [0.25, 0.3) is 0 Å². The van der Waals surface area contributed by atoms with Gasteiger partial charge in [-0.2, -0.15) is 0 Å². The number of hydrogen-bond donors (Lipinski definition) is 1. The summed E-state index contributed by atoms with van der Waals surface area (Å²) in [6.45, 7) is 10.5. The van der Waals surface area contributed by atoms with E-state index in [4.69, 9.17) is 0 Å². The molecule has 0 aromatic heterocycles. The predicted molar refractivity (Wildman–Crippen MR) is 104 cm³/mol. The largest absolute Gasteiger partial charge is 0.356 e. The van der Waals surface area contributed by atoms with Crippen molar-refractivity contribution in [3.05, 3.63) is 0 Å². The maximum absolute atomic E-state index is 4.36. The minimum Gasteiger partial charge on any atom is -0.356 e. The zero-order valence-corrected chi connectivity index (χ0v) is 16.7. The Labute approximate surface area is 148 Å². The number of likely N-dealkylation sites (tertiary alicyclic amines) is 1. The standard InChI is InChI=1S/C16H34N4.HI/c1-5-6-11-19(4)16(17-3)18-10-8-13-20-12-7-9-15(2)14-20;/h15H,5-14H2,1-4H3,(H,17,18);1H. The number of halogens is 1. The molecule has 1 rings (SSSR count). The van der Waals surface area contributed by atoms with Gasteiger partial charge in [0.05, 0.1) is 0 Å². The van der Waals surface area contributed by atoms with Crippen LogP contribution in [0.5, 0.6) is 0 Å². The highest BCUT2D eigenvalue weighted by Crippen LogP contribution is 2.15. The van der Waals surface area contributed by atoms with Crippen molar-refractivity contribution in [3.63, 3.8) is 0 Å². The fraction of sp³-hybridized carbons (Fsp3) is 0.938. The molecule has 1 fully saturated rings. The molecule has 0 radical (unpaired) electrons. The number of piperidine rings is 1. The smallest absolute Gasteiger partial charge is 0.193 e. The zero-order chi connectivity index (χ0) is 14.8. The lowest BCUT2D eigenvalue weighted by atomic mass is 10.0. The van der Waals surface area contributed by atoms with Gasteiger partial charge in [0, 0.05) is 33.7 Å². The highest BCUT2D eigenvalue weighted by Gasteiger charge is 2.15. The van der Waals surface area contributed by atoms with Gasteiger partial charge in [-0.15, -0.1) is 24.0 Å². The molecular formula is C16H35IN4. The lowest BCUT2D eigenvalue weighted by Gasteiger charge is -2.31. The van der Waals surface area contributed by atoms with Gasteiger partial charge in [0.15, 0.2) is 5.96 Å². The first-order valence-corrected chi connectivity index (χ1v) is 8.31. The summed E-state index contributed by atoms with van der Waals surface area (Å²) in [5, 5.41) is 3.48. The van der Waals surface area contributed by atoms with Gasteiger partial charge in [-0.05, 0) is 44.7 Å². The van der Waals surface area contributed by atoms with E-state index in [-0.39, 0.29) is 24.0 Å². The van der Waals surface area contributed by atoms with Crippen molar-refractivity contribution in [2.75, 3.05) is 46.8 Å². The van der Waals surface area contributed by atoms with E-state index in [0.717, 1.165) is 25.0 Å². The zero-order valence-electron chi connectivity index (χ0n) is 14.4. The van der Waals surface area contributed by atoms with E-state index in [2.05, 4.69) is 41.0 Å². The molecule has 0 bridgehead atoms. The molecule has 126 valence electrons. The topological polar surface area (TPSA) is 30.9 Å². The average molecular weight is 410 g/mol. The number of guanidine groups is 1. The first kappa shape index (κ1) is 21.0. The Morgan fingerprint density at radius 2 is 2.14 bits per heavy atom. The molecule has 1 saturated heterocycles. The molecule has 0 aromatic carbocycles. The molecule has 0 amide bonds. The highest BCUT2D eigenvalue weighted by molar-refractivity contribution is 14.0. The van der Waals surface area contributed by atoms with E-state index < -0.39 is 0 Å². The number of hydrogen-bond acceptors (Lipinski definition) is 2. The maximum atomic E-state index is 4.36. The van der Waals surface area contributed by atoms with E-state index >= 15 is 0 Å². The van der Waals surface area contributed by atoms with Crippen molar-refractivity contribution in [1.29, 1.82) is 0 Å². The SMILES string of the molecule is CCCCN(C)C(=NC)NCCCN1CCCC(C)C1.I. The average Bonchev–Trinajstić information content (AvgIpc) is 2.45. The molecule has 1 unspecified atom stereocenters. The van der Waals surface area contributed by atoms with Crippen molar-refractivity contribution in [2.45, 2.75) is 46.0 Å². The number of nitrogens with zero attached hydrogens (tertiary/aromatic N) is 3. The van der Waals surface area contributed by atoms with Crippen LogP contribution in [-0.4, -0.2) is 62.6 Å². The summed E-state index contributed by atoms with van der Waals surface area (Å²) in [6.07, 6.45) is 6.43. The number of unbranched alkanes of at least 4 members (excludes halogenated alkanes) is 1. The van der Waals surface area contributed by atoms with E-state index in [0.29, 0.717) is 0 Å². The van der Waals surface area contributed by atoms with Gasteiger partial charge in [-0.3, -0.25) is 4.99 Å². The molecule has 21 heavy (non-hydrogen) atoms. The third kappa shape index (κ3) is 8.86. The maximum Gasteiger partial charge on any atom is 0.193 e. The van der Waals surface area contributed by atoms with E-state index in [1.54, 1.807) is 0 Å². The molecule has 4 nitrogen and oxygen atoms in total. The summed E-state index contributed by atoms with van der Waals surface area (Å²) in [4.78, 5) is 9.19. The second kappa shape index (κ2) is 12.5. The van der Waals surface area contributed by atoms with Crippen LogP contribution in [0.3, 0.4) is 0 Å². The highest BCUT2D eigenvalue weighted by atomic mass is 127. The van der Waals surface area contributed by atoms with E-state index in [1.165, 1.54) is 51.7 Å². The van der Waals surface area contributed by atoms with Crippen molar-refractivity contribution in [1.82, 2.24) is 15.1 Å². The third-order valence-electron chi connectivity index (χ3n) is 4.10. The van der Waals surface area contributed by atoms with Gasteiger partial charge in [0.1, 0.15) is 0 Å². The lowest BCUT2D eigenvalue weighted by Crippen LogP contribution is -2.41. The summed E-state index contributed by atoms with van der Waals surface area (Å²) in [7, 11) is 3.99. The van der Waals surface area contributed by atoms with Crippen LogP contribution < -0.4 is 5.32 Å². The molecule has 1 heterocycles. The van der Waals surface area contributed by atoms with Gasteiger partial charge in [-0.1, -0.05) is 20.3 Å². The second-order valence-corrected chi connectivity index (χ2v) is 6.15. The van der Waals surface area contributed by atoms with Crippen molar-refractivity contribution in [2.24, 2.45) is 10.9 Å². The molecule has 0 aliphatic carbocycles. The summed E-state index contributed by atoms with van der Waals surface area (Å²) >= 11 is 0. The Morgan fingerprint density at radius 1 is 1.38 bits per heavy atom. The van der Waals surface area contributed by atoms with Gasteiger partial charge >= 0.3 is 0 Å². The molecule has 1 aliphatic heterocycles. The lowest BCUT2D eigenvalue weighted by molar-refractivity contribution is 0.182. The molecule has 0 saturated carbocycles. The normalized spacial score (nSPS) is 20.0. The predicted octanol–water partition coefficient (Wildman–Crippen LogP) is 3.03. The summed E-state index contributed by atoms with van der Waals surface area (Å²) < 4.78 is 0. The van der Waals surface area contributed by atoms with Crippen LogP contribution in [0.4, 0.5) is 0 Å². The Hall–Kier alpha value is -0.0400. The van der Waals surface area contributed by atoms with Gasteiger partial charge < -0.3 is 15.1 Å². The van der Waals surface area contributed by atoms with Crippen molar-refractivity contribution < 1.29 is 0 Å². The van der Waals surface area contributed by atoms with Crippen LogP contribution in [0.2, 0.25) is 0 Å². The summed E-state index contributed by atoms with van der Waals surface area (Å²) in [6, 6.07) is 0. The molecule has 0 spiro atoms. The number of rotatable bonds is 7. The van der Waals surface area contributed by atoms with Crippen LogP contribution in [0.1, 0.15) is 46.0 Å². The molecule has 1 atom stereocenters. The molecule has 1 aliphatic rings. The van der Waals surface area contributed by atoms with Crippen LogP contribution in [0, 0.1) is 5.92 Å². The first-order valence-electron chi connectivity index (χ1n) is 8.31. The summed E-state index contributed by atoms with van der Waals surface area (Å²) in [5.41, 5.74) is 0. The number of nitrogens with one attached hydrogen (secondary N) is 1. The Kier molecular flexibility index (Phi) is 12.5. The monoisotopic (exact) mass is 410 g/mol. The molecule has 1 N–H and O–H groups in total. The fourth-order valence-corrected chi connectivity index (χ4v) is 2.88. The molecule has 5 heteroatoms. The third-order valence-corrected chi connectivity index (χ3v) is 4.10. The summed E-state index contributed by atoms with van der Waals surface area (Å²) in [5.74, 6) is 1.91.